The number of esters is 1. The van der Waals surface area contributed by atoms with Crippen LogP contribution >= 0.6 is 0 Å². The van der Waals surface area contributed by atoms with Gasteiger partial charge in [0.1, 0.15) is 11.8 Å². The number of benzene rings is 1. The predicted molar refractivity (Wildman–Crippen MR) is 106 cm³/mol. The van der Waals surface area contributed by atoms with E-state index >= 15 is 0 Å². The Morgan fingerprint density at radius 2 is 1.31 bits per heavy atom. The van der Waals surface area contributed by atoms with E-state index in [0.29, 0.717) is 11.8 Å². The van der Waals surface area contributed by atoms with E-state index in [0.717, 1.165) is 13.0 Å². The van der Waals surface area contributed by atoms with Crippen LogP contribution in [0, 0.1) is 0 Å². The highest BCUT2D eigenvalue weighted by molar-refractivity contribution is 5.82. The van der Waals surface area contributed by atoms with Crippen molar-refractivity contribution < 1.29 is 9.53 Å². The van der Waals surface area contributed by atoms with E-state index in [9.17, 15) is 4.79 Å². The Morgan fingerprint density at radius 3 is 1.92 bits per heavy atom. The van der Waals surface area contributed by atoms with Crippen LogP contribution in [0.25, 0.3) is 0 Å². The van der Waals surface area contributed by atoms with Crippen molar-refractivity contribution in [3.63, 3.8) is 0 Å². The first-order valence-electron chi connectivity index (χ1n) is 10.9. The van der Waals surface area contributed by atoms with E-state index in [1.54, 1.807) is 0 Å². The highest BCUT2D eigenvalue weighted by Crippen LogP contribution is 2.34. The van der Waals surface area contributed by atoms with E-state index in [4.69, 9.17) is 4.74 Å². The van der Waals surface area contributed by atoms with Crippen molar-refractivity contribution in [3.05, 3.63) is 30.3 Å². The van der Waals surface area contributed by atoms with Crippen molar-refractivity contribution >= 4 is 5.97 Å². The zero-order valence-electron chi connectivity index (χ0n) is 16.2. The van der Waals surface area contributed by atoms with Gasteiger partial charge in [-0.2, -0.15) is 0 Å². The summed E-state index contributed by atoms with van der Waals surface area (Å²) in [7, 11) is 0. The largest absolute Gasteiger partial charge is 0.425 e. The SMILES string of the molecule is O=C(Oc1ccccc1)C1C2CCCCCCCCCCCCCCN21. The fourth-order valence-electron chi connectivity index (χ4n) is 4.33. The molecular weight excluding hydrogens is 322 g/mol. The van der Waals surface area contributed by atoms with Gasteiger partial charge < -0.3 is 4.74 Å². The average Bonchev–Trinajstić information content (AvgIpc) is 3.34. The van der Waals surface area contributed by atoms with Crippen molar-refractivity contribution in [1.82, 2.24) is 4.90 Å². The molecule has 3 nitrogen and oxygen atoms in total. The molecule has 0 radical (unpaired) electrons. The molecule has 0 bridgehead atoms. The fourth-order valence-corrected chi connectivity index (χ4v) is 4.33. The number of carbonyl (C=O) groups is 1. The highest BCUT2D eigenvalue weighted by atomic mass is 16.5. The first-order chi connectivity index (χ1) is 12.9. The molecule has 3 atom stereocenters. The molecule has 1 aromatic carbocycles. The number of rotatable bonds is 2. The molecule has 2 fully saturated rings. The van der Waals surface area contributed by atoms with Gasteiger partial charge in [0.25, 0.3) is 0 Å². The number of hydrogen-bond donors (Lipinski definition) is 0. The van der Waals surface area contributed by atoms with Crippen molar-refractivity contribution in [3.8, 4) is 5.75 Å². The lowest BCUT2D eigenvalue weighted by Crippen LogP contribution is -2.20. The number of para-hydroxylation sites is 1. The van der Waals surface area contributed by atoms with Gasteiger partial charge in [0.05, 0.1) is 0 Å². The zero-order valence-corrected chi connectivity index (χ0v) is 16.2. The minimum Gasteiger partial charge on any atom is -0.425 e. The number of hydrogen-bond acceptors (Lipinski definition) is 3. The van der Waals surface area contributed by atoms with Gasteiger partial charge in [-0.1, -0.05) is 88.8 Å². The highest BCUT2D eigenvalue weighted by Gasteiger charge is 2.52. The standard InChI is InChI=1S/C23H35NO2/c25-23(26-20-16-12-11-13-17-20)22-21-18-14-9-7-5-3-1-2-4-6-8-10-15-19-24(21)22/h11-13,16-17,21-22H,1-10,14-15,18-19H2. The maximum atomic E-state index is 12.6. The summed E-state index contributed by atoms with van der Waals surface area (Å²) in [4.78, 5) is 15.0. The summed E-state index contributed by atoms with van der Waals surface area (Å²) in [6.45, 7) is 1.05. The number of ether oxygens (including phenoxy) is 1. The van der Waals surface area contributed by atoms with Crippen molar-refractivity contribution in [1.29, 1.82) is 0 Å². The topological polar surface area (TPSA) is 29.3 Å². The van der Waals surface area contributed by atoms with Gasteiger partial charge in [0, 0.05) is 6.04 Å². The predicted octanol–water partition coefficient (Wildman–Crippen LogP) is 5.73. The van der Waals surface area contributed by atoms with Crippen LogP contribution < -0.4 is 4.74 Å². The number of fused-ring (bicyclic) bond motifs is 1. The van der Waals surface area contributed by atoms with Crippen LogP contribution in [0.2, 0.25) is 0 Å². The maximum absolute atomic E-state index is 12.6. The van der Waals surface area contributed by atoms with Crippen LogP contribution in [0.5, 0.6) is 5.75 Å². The second kappa shape index (κ2) is 10.7. The van der Waals surface area contributed by atoms with Crippen LogP contribution in [0.15, 0.2) is 30.3 Å². The van der Waals surface area contributed by atoms with Gasteiger partial charge in [-0.25, -0.2) is 4.79 Å². The van der Waals surface area contributed by atoms with Crippen LogP contribution in [0.3, 0.4) is 0 Å². The van der Waals surface area contributed by atoms with E-state index in [1.807, 2.05) is 30.3 Å². The van der Waals surface area contributed by atoms with Crippen molar-refractivity contribution in [2.75, 3.05) is 6.54 Å². The molecule has 3 rings (SSSR count). The molecule has 3 unspecified atom stereocenters. The minimum absolute atomic E-state index is 0.00844. The Balaban J connectivity index is 1.49. The number of carbonyl (C=O) groups excluding carboxylic acids is 1. The van der Waals surface area contributed by atoms with E-state index < -0.39 is 0 Å². The zero-order chi connectivity index (χ0) is 18.0. The minimum atomic E-state index is -0.0564. The van der Waals surface area contributed by atoms with Gasteiger partial charge in [-0.05, 0) is 31.5 Å². The third kappa shape index (κ3) is 6.12. The first-order valence-corrected chi connectivity index (χ1v) is 10.9. The second-order valence-electron chi connectivity index (χ2n) is 8.02. The Labute approximate surface area is 159 Å². The molecule has 144 valence electrons. The third-order valence-corrected chi connectivity index (χ3v) is 5.93. The molecule has 0 amide bonds. The van der Waals surface area contributed by atoms with E-state index in [2.05, 4.69) is 4.90 Å². The summed E-state index contributed by atoms with van der Waals surface area (Å²) in [6.07, 6.45) is 17.3. The van der Waals surface area contributed by atoms with Gasteiger partial charge in [-0.15, -0.1) is 0 Å². The Hall–Kier alpha value is -1.35. The van der Waals surface area contributed by atoms with Crippen LogP contribution in [0.4, 0.5) is 0 Å². The van der Waals surface area contributed by atoms with E-state index in [-0.39, 0.29) is 12.0 Å². The molecule has 3 heteroatoms. The van der Waals surface area contributed by atoms with Crippen LogP contribution in [-0.4, -0.2) is 29.5 Å². The summed E-state index contributed by atoms with van der Waals surface area (Å²) in [5.74, 6) is 0.612. The average molecular weight is 358 g/mol. The quantitative estimate of drug-likeness (QED) is 0.384. The Bertz CT molecular complexity index is 508. The van der Waals surface area contributed by atoms with Crippen molar-refractivity contribution in [2.45, 2.75) is 95.6 Å². The molecule has 2 aliphatic rings. The molecule has 0 N–H and O–H groups in total. The lowest BCUT2D eigenvalue weighted by atomic mass is 10.0. The summed E-state index contributed by atoms with van der Waals surface area (Å²) >= 11 is 0. The van der Waals surface area contributed by atoms with E-state index in [1.165, 1.54) is 77.0 Å². The Morgan fingerprint density at radius 1 is 0.769 bits per heavy atom. The number of nitrogens with zero attached hydrogens (tertiary/aromatic N) is 1. The van der Waals surface area contributed by atoms with Gasteiger partial charge in [0.2, 0.25) is 0 Å². The first kappa shape index (κ1) is 19.4. The molecular formula is C23H35NO2. The van der Waals surface area contributed by atoms with Crippen molar-refractivity contribution in [2.24, 2.45) is 0 Å². The molecule has 1 aromatic rings. The summed E-state index contributed by atoms with van der Waals surface area (Å²) in [5.41, 5.74) is 0. The molecule has 0 aromatic heterocycles. The summed E-state index contributed by atoms with van der Waals surface area (Å²) in [5, 5.41) is 0. The summed E-state index contributed by atoms with van der Waals surface area (Å²) < 4.78 is 5.62. The van der Waals surface area contributed by atoms with Crippen LogP contribution in [-0.2, 0) is 4.79 Å². The lowest BCUT2D eigenvalue weighted by Gasteiger charge is -2.06. The third-order valence-electron chi connectivity index (χ3n) is 5.93. The monoisotopic (exact) mass is 357 g/mol. The molecule has 2 heterocycles. The molecule has 2 saturated heterocycles. The molecule has 0 saturated carbocycles. The lowest BCUT2D eigenvalue weighted by molar-refractivity contribution is -0.134. The normalized spacial score (nSPS) is 28.7. The molecule has 26 heavy (non-hydrogen) atoms. The molecule has 0 spiro atoms. The van der Waals surface area contributed by atoms with Gasteiger partial charge >= 0.3 is 5.97 Å². The Kier molecular flexibility index (Phi) is 8.00. The van der Waals surface area contributed by atoms with Crippen LogP contribution in [0.1, 0.15) is 83.5 Å². The smallest absolute Gasteiger partial charge is 0.330 e. The fraction of sp³-hybridized carbons (Fsp3) is 0.696. The maximum Gasteiger partial charge on any atom is 0.330 e. The van der Waals surface area contributed by atoms with Gasteiger partial charge in [-0.3, -0.25) is 4.90 Å². The summed E-state index contributed by atoms with van der Waals surface area (Å²) in [6, 6.07) is 9.90. The van der Waals surface area contributed by atoms with Gasteiger partial charge in [0.15, 0.2) is 0 Å². The molecule has 2 aliphatic heterocycles. The molecule has 0 aliphatic carbocycles. The second-order valence-corrected chi connectivity index (χ2v) is 8.02.